The van der Waals surface area contributed by atoms with E-state index < -0.39 is 0 Å². The molecule has 4 heteroatoms. The lowest BCUT2D eigenvalue weighted by Gasteiger charge is -2.22. The van der Waals surface area contributed by atoms with E-state index >= 15 is 0 Å². The molecule has 2 aromatic carbocycles. The summed E-state index contributed by atoms with van der Waals surface area (Å²) in [6, 6.07) is 17.5. The molecule has 0 bridgehead atoms. The van der Waals surface area contributed by atoms with Crippen LogP contribution in [0.2, 0.25) is 0 Å². The van der Waals surface area contributed by atoms with Gasteiger partial charge in [0.1, 0.15) is 5.75 Å². The van der Waals surface area contributed by atoms with Crippen molar-refractivity contribution < 1.29 is 9.53 Å². The maximum absolute atomic E-state index is 12.6. The second-order valence-corrected chi connectivity index (χ2v) is 5.08. The zero-order valence-electron chi connectivity index (χ0n) is 12.9. The highest BCUT2D eigenvalue weighted by molar-refractivity contribution is 5.79. The Labute approximate surface area is 131 Å². The molecule has 0 fully saturated rings. The molecule has 0 aliphatic carbocycles. The second-order valence-electron chi connectivity index (χ2n) is 5.08. The Bertz CT molecular complexity index is 599. The lowest BCUT2D eigenvalue weighted by atomic mass is 10.1. The molecule has 2 aromatic rings. The fourth-order valence-corrected chi connectivity index (χ4v) is 2.38. The first kappa shape index (κ1) is 16.0. The number of carbonyl (C=O) groups excluding carboxylic acids is 1. The summed E-state index contributed by atoms with van der Waals surface area (Å²) in [6.07, 6.45) is 0.316. The van der Waals surface area contributed by atoms with Gasteiger partial charge in [-0.15, -0.1) is 0 Å². The summed E-state index contributed by atoms with van der Waals surface area (Å²) < 4.78 is 5.31. The number of hydrogen-bond acceptors (Lipinski definition) is 3. The van der Waals surface area contributed by atoms with Gasteiger partial charge in [-0.25, -0.2) is 0 Å². The predicted molar refractivity (Wildman–Crippen MR) is 87.6 cm³/mol. The molecule has 1 amide bonds. The summed E-state index contributed by atoms with van der Waals surface area (Å²) in [7, 11) is 1.62. The molecule has 116 valence electrons. The van der Waals surface area contributed by atoms with Crippen LogP contribution in [-0.2, 0) is 17.8 Å². The van der Waals surface area contributed by atoms with E-state index in [1.807, 2.05) is 54.6 Å². The molecule has 0 aromatic heterocycles. The van der Waals surface area contributed by atoms with Gasteiger partial charge in [0.05, 0.1) is 13.5 Å². The van der Waals surface area contributed by atoms with Crippen LogP contribution in [0.15, 0.2) is 54.6 Å². The van der Waals surface area contributed by atoms with Gasteiger partial charge in [-0.1, -0.05) is 48.5 Å². The first-order chi connectivity index (χ1) is 10.7. The Balaban J connectivity index is 2.09. The Hall–Kier alpha value is -2.33. The smallest absolute Gasteiger partial charge is 0.227 e. The quantitative estimate of drug-likeness (QED) is 0.853. The lowest BCUT2D eigenvalue weighted by Crippen LogP contribution is -2.36. The number of methoxy groups -OCH3 is 1. The van der Waals surface area contributed by atoms with Crippen LogP contribution in [0, 0.1) is 0 Å². The highest BCUT2D eigenvalue weighted by Crippen LogP contribution is 2.19. The molecule has 22 heavy (non-hydrogen) atoms. The summed E-state index contributed by atoms with van der Waals surface area (Å²) in [4.78, 5) is 14.4. The Morgan fingerprint density at radius 1 is 1.09 bits per heavy atom. The normalized spacial score (nSPS) is 10.3. The number of nitrogens with two attached hydrogens (primary N) is 1. The minimum Gasteiger partial charge on any atom is -0.496 e. The number of carbonyl (C=O) groups is 1. The van der Waals surface area contributed by atoms with E-state index in [4.69, 9.17) is 10.5 Å². The molecule has 0 atom stereocenters. The van der Waals surface area contributed by atoms with Crippen LogP contribution in [0.3, 0.4) is 0 Å². The molecule has 0 saturated heterocycles. The van der Waals surface area contributed by atoms with Crippen molar-refractivity contribution in [1.29, 1.82) is 0 Å². The highest BCUT2D eigenvalue weighted by Gasteiger charge is 2.15. The topological polar surface area (TPSA) is 55.6 Å². The van der Waals surface area contributed by atoms with Gasteiger partial charge >= 0.3 is 0 Å². The molecule has 0 heterocycles. The Morgan fingerprint density at radius 2 is 1.77 bits per heavy atom. The van der Waals surface area contributed by atoms with E-state index in [0.717, 1.165) is 16.9 Å². The predicted octanol–water partition coefficient (Wildman–Crippen LogP) is 2.23. The zero-order valence-corrected chi connectivity index (χ0v) is 12.9. The van der Waals surface area contributed by atoms with Crippen molar-refractivity contribution in [2.75, 3.05) is 20.2 Å². The number of rotatable bonds is 7. The number of ether oxygens (including phenoxy) is 1. The van der Waals surface area contributed by atoms with Gasteiger partial charge < -0.3 is 15.4 Å². The van der Waals surface area contributed by atoms with E-state index in [0.29, 0.717) is 26.1 Å². The number of amides is 1. The second kappa shape index (κ2) is 8.20. The van der Waals surface area contributed by atoms with Gasteiger partial charge in [0, 0.05) is 25.2 Å². The van der Waals surface area contributed by atoms with Crippen LogP contribution in [0.4, 0.5) is 0 Å². The van der Waals surface area contributed by atoms with Crippen LogP contribution < -0.4 is 10.5 Å². The molecule has 4 nitrogen and oxygen atoms in total. The van der Waals surface area contributed by atoms with Crippen molar-refractivity contribution in [2.24, 2.45) is 5.73 Å². The molecule has 2 N–H and O–H groups in total. The summed E-state index contributed by atoms with van der Waals surface area (Å²) in [5.41, 5.74) is 7.65. The third kappa shape index (κ3) is 4.33. The lowest BCUT2D eigenvalue weighted by molar-refractivity contribution is -0.131. The number of benzene rings is 2. The number of nitrogens with zero attached hydrogens (tertiary/aromatic N) is 1. The fourth-order valence-electron chi connectivity index (χ4n) is 2.38. The molecule has 0 spiro atoms. The number of hydrogen-bond donors (Lipinski definition) is 1. The molecular weight excluding hydrogens is 276 g/mol. The van der Waals surface area contributed by atoms with Crippen molar-refractivity contribution in [3.8, 4) is 5.75 Å². The average Bonchev–Trinajstić information content (AvgIpc) is 2.56. The monoisotopic (exact) mass is 298 g/mol. The Kier molecular flexibility index (Phi) is 5.98. The van der Waals surface area contributed by atoms with Crippen LogP contribution in [0.1, 0.15) is 11.1 Å². The van der Waals surface area contributed by atoms with Crippen molar-refractivity contribution in [1.82, 2.24) is 4.90 Å². The molecular formula is C18H22N2O2. The SMILES string of the molecule is COc1ccccc1CC(=O)N(CCN)Cc1ccccc1. The maximum atomic E-state index is 12.6. The summed E-state index contributed by atoms with van der Waals surface area (Å²) in [6.45, 7) is 1.57. The Morgan fingerprint density at radius 3 is 2.45 bits per heavy atom. The zero-order chi connectivity index (χ0) is 15.8. The highest BCUT2D eigenvalue weighted by atomic mass is 16.5. The molecule has 0 radical (unpaired) electrons. The van der Waals surface area contributed by atoms with Crippen LogP contribution in [0.5, 0.6) is 5.75 Å². The third-order valence-corrected chi connectivity index (χ3v) is 3.50. The van der Waals surface area contributed by atoms with Crippen LogP contribution in [0.25, 0.3) is 0 Å². The van der Waals surface area contributed by atoms with Crippen LogP contribution >= 0.6 is 0 Å². The van der Waals surface area contributed by atoms with E-state index in [2.05, 4.69) is 0 Å². The summed E-state index contributed by atoms with van der Waals surface area (Å²) in [5.74, 6) is 0.794. The van der Waals surface area contributed by atoms with Gasteiger partial charge in [0.2, 0.25) is 5.91 Å². The van der Waals surface area contributed by atoms with Crippen molar-refractivity contribution in [3.63, 3.8) is 0 Å². The van der Waals surface area contributed by atoms with Gasteiger partial charge in [-0.3, -0.25) is 4.79 Å². The molecule has 0 saturated carbocycles. The van der Waals surface area contributed by atoms with Crippen molar-refractivity contribution >= 4 is 5.91 Å². The third-order valence-electron chi connectivity index (χ3n) is 3.50. The summed E-state index contributed by atoms with van der Waals surface area (Å²) >= 11 is 0. The molecule has 0 aliphatic heterocycles. The van der Waals surface area contributed by atoms with Crippen molar-refractivity contribution in [3.05, 3.63) is 65.7 Å². The van der Waals surface area contributed by atoms with Crippen LogP contribution in [-0.4, -0.2) is 31.0 Å². The number of para-hydroxylation sites is 1. The minimum atomic E-state index is 0.0544. The fraction of sp³-hybridized carbons (Fsp3) is 0.278. The van der Waals surface area contributed by atoms with E-state index in [-0.39, 0.29) is 5.91 Å². The maximum Gasteiger partial charge on any atom is 0.227 e. The molecule has 0 aliphatic rings. The summed E-state index contributed by atoms with van der Waals surface area (Å²) in [5, 5.41) is 0. The molecule has 0 unspecified atom stereocenters. The minimum absolute atomic E-state index is 0.0544. The first-order valence-electron chi connectivity index (χ1n) is 7.38. The van der Waals surface area contributed by atoms with Gasteiger partial charge in [-0.05, 0) is 11.6 Å². The largest absolute Gasteiger partial charge is 0.496 e. The van der Waals surface area contributed by atoms with Gasteiger partial charge in [-0.2, -0.15) is 0 Å². The first-order valence-corrected chi connectivity index (χ1v) is 7.38. The van der Waals surface area contributed by atoms with E-state index in [1.165, 1.54) is 0 Å². The standard InChI is InChI=1S/C18H22N2O2/c1-22-17-10-6-5-9-16(17)13-18(21)20(12-11-19)14-15-7-3-2-4-8-15/h2-10H,11-14,19H2,1H3. The average molecular weight is 298 g/mol. The van der Waals surface area contributed by atoms with Crippen molar-refractivity contribution in [2.45, 2.75) is 13.0 Å². The van der Waals surface area contributed by atoms with E-state index in [1.54, 1.807) is 12.0 Å². The van der Waals surface area contributed by atoms with E-state index in [9.17, 15) is 4.79 Å². The molecule has 2 rings (SSSR count). The van der Waals surface area contributed by atoms with Gasteiger partial charge in [0.25, 0.3) is 0 Å². The van der Waals surface area contributed by atoms with Gasteiger partial charge in [0.15, 0.2) is 0 Å².